The first kappa shape index (κ1) is 16.3. The van der Waals surface area contributed by atoms with Crippen molar-refractivity contribution in [2.45, 2.75) is 24.7 Å². The van der Waals surface area contributed by atoms with E-state index in [0.717, 1.165) is 10.9 Å². The highest BCUT2D eigenvalue weighted by Crippen LogP contribution is 2.46. The summed E-state index contributed by atoms with van der Waals surface area (Å²) in [5, 5.41) is 29.7. The van der Waals surface area contributed by atoms with Gasteiger partial charge in [0, 0.05) is 6.42 Å². The van der Waals surface area contributed by atoms with Crippen LogP contribution < -0.4 is 0 Å². The molecule has 5 aromatic carbocycles. The van der Waals surface area contributed by atoms with Gasteiger partial charge in [-0.1, -0.05) is 66.7 Å². The molecular formula is C25H20O3. The lowest BCUT2D eigenvalue weighted by Crippen LogP contribution is -2.24. The highest BCUT2D eigenvalue weighted by atomic mass is 16.5. The van der Waals surface area contributed by atoms with Crippen molar-refractivity contribution in [2.24, 2.45) is 0 Å². The second-order valence-corrected chi connectivity index (χ2v) is 7.79. The lowest BCUT2D eigenvalue weighted by atomic mass is 9.85. The minimum absolute atomic E-state index is 0.165. The first-order chi connectivity index (χ1) is 13.8. The number of aliphatic hydroxyl groups excluding tert-OH is 2. The van der Waals surface area contributed by atoms with Crippen molar-refractivity contribution >= 4 is 43.1 Å². The number of benzene rings is 5. The maximum absolute atomic E-state index is 10.4. The predicted molar refractivity (Wildman–Crippen MR) is 113 cm³/mol. The molecule has 1 fully saturated rings. The van der Waals surface area contributed by atoms with Gasteiger partial charge in [-0.25, -0.2) is 0 Å². The fourth-order valence-electron chi connectivity index (χ4n) is 5.06. The number of rotatable bonds is 2. The first-order valence-corrected chi connectivity index (χ1v) is 9.79. The molecule has 0 aromatic heterocycles. The molecule has 1 aliphatic heterocycles. The SMILES string of the molecule is OC[C@H]1O[C@H](c2c3ccccc3c3ccc4cccc5ccc2c3c54)C[C@@H]1O. The van der Waals surface area contributed by atoms with E-state index in [1.165, 1.54) is 37.7 Å². The predicted octanol–water partition coefficient (Wildman–Crippen LogP) is 4.92. The van der Waals surface area contributed by atoms with Crippen molar-refractivity contribution in [3.63, 3.8) is 0 Å². The zero-order valence-electron chi connectivity index (χ0n) is 15.3. The molecule has 3 nitrogen and oxygen atoms in total. The van der Waals surface area contributed by atoms with Crippen LogP contribution in [0.1, 0.15) is 18.1 Å². The summed E-state index contributed by atoms with van der Waals surface area (Å²) >= 11 is 0. The number of fused-ring (bicyclic) bond motifs is 2. The summed E-state index contributed by atoms with van der Waals surface area (Å²) in [6.07, 6.45) is -0.907. The maximum Gasteiger partial charge on any atom is 0.107 e. The Labute approximate surface area is 162 Å². The third kappa shape index (κ3) is 2.09. The molecule has 1 aliphatic rings. The monoisotopic (exact) mass is 368 g/mol. The maximum atomic E-state index is 10.4. The molecule has 0 bridgehead atoms. The van der Waals surface area contributed by atoms with Crippen LogP contribution in [0.3, 0.4) is 0 Å². The van der Waals surface area contributed by atoms with Gasteiger partial charge in [0.05, 0.1) is 18.8 Å². The molecule has 6 rings (SSSR count). The smallest absolute Gasteiger partial charge is 0.107 e. The van der Waals surface area contributed by atoms with E-state index in [4.69, 9.17) is 4.74 Å². The van der Waals surface area contributed by atoms with Crippen molar-refractivity contribution in [1.82, 2.24) is 0 Å². The molecule has 0 spiro atoms. The van der Waals surface area contributed by atoms with Gasteiger partial charge in [0.1, 0.15) is 6.10 Å². The van der Waals surface area contributed by atoms with E-state index in [1.54, 1.807) is 0 Å². The minimum atomic E-state index is -0.646. The van der Waals surface area contributed by atoms with E-state index in [2.05, 4.69) is 66.7 Å². The molecule has 0 aliphatic carbocycles. The van der Waals surface area contributed by atoms with Crippen LogP contribution in [0, 0.1) is 0 Å². The molecular weight excluding hydrogens is 348 g/mol. The molecule has 0 amide bonds. The summed E-state index contributed by atoms with van der Waals surface area (Å²) in [5.74, 6) is 0. The molecule has 3 atom stereocenters. The Morgan fingerprint density at radius 2 is 1.46 bits per heavy atom. The Morgan fingerprint density at radius 3 is 2.18 bits per heavy atom. The lowest BCUT2D eigenvalue weighted by molar-refractivity contribution is -0.0218. The Morgan fingerprint density at radius 1 is 0.750 bits per heavy atom. The summed E-state index contributed by atoms with van der Waals surface area (Å²) in [6, 6.07) is 23.6. The molecule has 0 unspecified atom stereocenters. The highest BCUT2D eigenvalue weighted by molar-refractivity contribution is 6.30. The fourth-order valence-corrected chi connectivity index (χ4v) is 5.06. The highest BCUT2D eigenvalue weighted by Gasteiger charge is 2.36. The normalized spacial score (nSPS) is 22.9. The molecule has 28 heavy (non-hydrogen) atoms. The average Bonchev–Trinajstić information content (AvgIpc) is 3.11. The summed E-state index contributed by atoms with van der Waals surface area (Å²) < 4.78 is 6.11. The van der Waals surface area contributed by atoms with Crippen LogP contribution >= 0.6 is 0 Å². The third-order valence-electron chi connectivity index (χ3n) is 6.30. The van der Waals surface area contributed by atoms with Crippen LogP contribution in [-0.2, 0) is 4.74 Å². The van der Waals surface area contributed by atoms with Gasteiger partial charge in [-0.2, -0.15) is 0 Å². The minimum Gasteiger partial charge on any atom is -0.394 e. The van der Waals surface area contributed by atoms with E-state index in [1.807, 2.05) is 0 Å². The van der Waals surface area contributed by atoms with Crippen molar-refractivity contribution in [1.29, 1.82) is 0 Å². The summed E-state index contributed by atoms with van der Waals surface area (Å²) in [4.78, 5) is 0. The van der Waals surface area contributed by atoms with Gasteiger partial charge in [0.25, 0.3) is 0 Å². The molecule has 138 valence electrons. The van der Waals surface area contributed by atoms with Crippen LogP contribution in [0.15, 0.2) is 66.7 Å². The Balaban J connectivity index is 1.79. The van der Waals surface area contributed by atoms with Crippen LogP contribution in [-0.4, -0.2) is 29.0 Å². The molecule has 1 heterocycles. The Hall–Kier alpha value is -2.72. The second kappa shape index (κ2) is 5.89. The van der Waals surface area contributed by atoms with Crippen LogP contribution in [0.5, 0.6) is 0 Å². The van der Waals surface area contributed by atoms with Gasteiger partial charge in [0.2, 0.25) is 0 Å². The van der Waals surface area contributed by atoms with Crippen molar-refractivity contribution in [3.8, 4) is 0 Å². The summed E-state index contributed by atoms with van der Waals surface area (Å²) in [7, 11) is 0. The van der Waals surface area contributed by atoms with E-state index in [0.29, 0.717) is 6.42 Å². The van der Waals surface area contributed by atoms with Crippen molar-refractivity contribution in [3.05, 3.63) is 72.3 Å². The first-order valence-electron chi connectivity index (χ1n) is 9.79. The van der Waals surface area contributed by atoms with Gasteiger partial charge in [-0.05, 0) is 48.7 Å². The fraction of sp³-hybridized carbons (Fsp3) is 0.200. The second-order valence-electron chi connectivity index (χ2n) is 7.79. The van der Waals surface area contributed by atoms with Crippen LogP contribution in [0.25, 0.3) is 43.1 Å². The molecule has 0 saturated carbocycles. The van der Waals surface area contributed by atoms with Crippen LogP contribution in [0.4, 0.5) is 0 Å². The Kier molecular flexibility index (Phi) is 3.42. The Bertz CT molecular complexity index is 1320. The van der Waals surface area contributed by atoms with Gasteiger partial charge >= 0.3 is 0 Å². The van der Waals surface area contributed by atoms with E-state index in [9.17, 15) is 10.2 Å². The standard InChI is InChI=1S/C25H20O3/c26-13-22-20(27)12-21(28-22)24-17-7-2-1-6-16(17)18-10-8-14-4-3-5-15-9-11-19(24)25(18)23(14)15/h1-11,20-22,26-27H,12-13H2/t20-,21-,22+/m0/s1. The van der Waals surface area contributed by atoms with E-state index < -0.39 is 12.2 Å². The average molecular weight is 368 g/mol. The molecule has 3 heteroatoms. The summed E-state index contributed by atoms with van der Waals surface area (Å²) in [6.45, 7) is -0.165. The molecule has 2 N–H and O–H groups in total. The molecule has 0 radical (unpaired) electrons. The summed E-state index contributed by atoms with van der Waals surface area (Å²) in [5.41, 5.74) is 1.12. The topological polar surface area (TPSA) is 49.7 Å². The van der Waals surface area contributed by atoms with Crippen LogP contribution in [0.2, 0.25) is 0 Å². The number of ether oxygens (including phenoxy) is 1. The van der Waals surface area contributed by atoms with Gasteiger partial charge in [-0.3, -0.25) is 0 Å². The molecule has 5 aromatic rings. The van der Waals surface area contributed by atoms with Crippen molar-refractivity contribution < 1.29 is 14.9 Å². The number of hydrogen-bond donors (Lipinski definition) is 2. The zero-order chi connectivity index (χ0) is 18.8. The zero-order valence-corrected chi connectivity index (χ0v) is 15.3. The molecule has 1 saturated heterocycles. The number of hydrogen-bond acceptors (Lipinski definition) is 3. The van der Waals surface area contributed by atoms with Gasteiger partial charge in [0.15, 0.2) is 0 Å². The van der Waals surface area contributed by atoms with Crippen molar-refractivity contribution in [2.75, 3.05) is 6.61 Å². The van der Waals surface area contributed by atoms with Gasteiger partial charge in [-0.15, -0.1) is 0 Å². The third-order valence-corrected chi connectivity index (χ3v) is 6.30. The van der Waals surface area contributed by atoms with E-state index in [-0.39, 0.29) is 12.7 Å². The van der Waals surface area contributed by atoms with Gasteiger partial charge < -0.3 is 14.9 Å². The van der Waals surface area contributed by atoms with E-state index >= 15 is 0 Å². The lowest BCUT2D eigenvalue weighted by Gasteiger charge is -2.21. The quantitative estimate of drug-likeness (QED) is 0.343. The largest absolute Gasteiger partial charge is 0.394 e. The number of aliphatic hydroxyl groups is 2.